The summed E-state index contributed by atoms with van der Waals surface area (Å²) >= 11 is 0. The smallest absolute Gasteiger partial charge is 0.0707 e. The first-order chi connectivity index (χ1) is 11.4. The highest BCUT2D eigenvalue weighted by atomic mass is 16.6. The van der Waals surface area contributed by atoms with Crippen LogP contribution in [0.3, 0.4) is 0 Å². The van der Waals surface area contributed by atoms with Gasteiger partial charge in [-0.3, -0.25) is 0 Å². The highest BCUT2D eigenvalue weighted by molar-refractivity contribution is 4.57. The largest absolute Gasteiger partial charge is 0.379 e. The molecule has 0 fully saturated rings. The van der Waals surface area contributed by atoms with Crippen LogP contribution in [-0.4, -0.2) is 78.3 Å². The monoisotopic (exact) mass is 350 g/mol. The first-order valence-corrected chi connectivity index (χ1v) is 8.94. The van der Waals surface area contributed by atoms with Gasteiger partial charge in [0, 0.05) is 6.61 Å². The van der Waals surface area contributed by atoms with E-state index in [4.69, 9.17) is 28.4 Å². The molecule has 0 saturated heterocycles. The first-order valence-electron chi connectivity index (χ1n) is 8.94. The molecule has 146 valence electrons. The van der Waals surface area contributed by atoms with Crippen LogP contribution < -0.4 is 0 Å². The molecule has 24 heavy (non-hydrogen) atoms. The number of hydrogen-bond donors (Lipinski definition) is 0. The van der Waals surface area contributed by atoms with E-state index in [9.17, 15) is 0 Å². The van der Waals surface area contributed by atoms with E-state index in [1.54, 1.807) is 0 Å². The van der Waals surface area contributed by atoms with E-state index >= 15 is 0 Å². The van der Waals surface area contributed by atoms with Crippen molar-refractivity contribution in [2.45, 2.75) is 40.2 Å². The molecule has 0 aromatic carbocycles. The molecule has 6 heteroatoms. The van der Waals surface area contributed by atoms with Crippen LogP contribution in [0.1, 0.15) is 34.6 Å². The molecule has 0 amide bonds. The highest BCUT2D eigenvalue weighted by Gasteiger charge is 2.08. The van der Waals surface area contributed by atoms with Gasteiger partial charge in [-0.15, -0.1) is 0 Å². The lowest BCUT2D eigenvalue weighted by atomic mass is 10.2. The van der Waals surface area contributed by atoms with Crippen molar-refractivity contribution in [2.24, 2.45) is 5.92 Å². The molecule has 0 atom stereocenters. The van der Waals surface area contributed by atoms with Crippen LogP contribution in [0.2, 0.25) is 0 Å². The molecule has 6 nitrogen and oxygen atoms in total. The van der Waals surface area contributed by atoms with Gasteiger partial charge in [-0.1, -0.05) is 13.8 Å². The van der Waals surface area contributed by atoms with Crippen molar-refractivity contribution in [1.29, 1.82) is 0 Å². The molecule has 0 heterocycles. The summed E-state index contributed by atoms with van der Waals surface area (Å²) in [5.41, 5.74) is -0.109. The minimum Gasteiger partial charge on any atom is -0.379 e. The Kier molecular flexibility index (Phi) is 16.1. The maximum Gasteiger partial charge on any atom is 0.0707 e. The van der Waals surface area contributed by atoms with Crippen LogP contribution in [0.4, 0.5) is 0 Å². The molecule has 0 aromatic heterocycles. The van der Waals surface area contributed by atoms with Gasteiger partial charge in [-0.2, -0.15) is 0 Å². The first kappa shape index (κ1) is 23.8. The Morgan fingerprint density at radius 2 is 0.875 bits per heavy atom. The maximum atomic E-state index is 5.55. The molecule has 0 aromatic rings. The second-order valence-electron chi connectivity index (χ2n) is 6.88. The molecule has 0 N–H and O–H groups in total. The van der Waals surface area contributed by atoms with Crippen molar-refractivity contribution in [2.75, 3.05) is 72.7 Å². The van der Waals surface area contributed by atoms with Gasteiger partial charge in [0.1, 0.15) is 0 Å². The number of hydrogen-bond acceptors (Lipinski definition) is 6. The van der Waals surface area contributed by atoms with Gasteiger partial charge in [0.25, 0.3) is 0 Å². The fourth-order valence-electron chi connectivity index (χ4n) is 1.61. The average Bonchev–Trinajstić information content (AvgIpc) is 2.49. The lowest BCUT2D eigenvalue weighted by Crippen LogP contribution is -2.22. The molecule has 0 spiro atoms. The zero-order valence-corrected chi connectivity index (χ0v) is 16.3. The summed E-state index contributed by atoms with van der Waals surface area (Å²) in [4.78, 5) is 0. The van der Waals surface area contributed by atoms with Gasteiger partial charge in [0.2, 0.25) is 0 Å². The van der Waals surface area contributed by atoms with Gasteiger partial charge in [0.05, 0.1) is 71.7 Å². The van der Waals surface area contributed by atoms with E-state index in [-0.39, 0.29) is 5.60 Å². The van der Waals surface area contributed by atoms with E-state index < -0.39 is 0 Å². The lowest BCUT2D eigenvalue weighted by molar-refractivity contribution is -0.0464. The van der Waals surface area contributed by atoms with Crippen LogP contribution >= 0.6 is 0 Å². The molecule has 0 bridgehead atoms. The van der Waals surface area contributed by atoms with Crippen LogP contribution in [-0.2, 0) is 28.4 Å². The molecule has 0 radical (unpaired) electrons. The van der Waals surface area contributed by atoms with Gasteiger partial charge in [-0.05, 0) is 26.7 Å². The Morgan fingerprint density at radius 3 is 1.21 bits per heavy atom. The number of ether oxygens (including phenoxy) is 6. The standard InChI is InChI=1S/C18H38O6/c1-17(2)16-23-13-12-21-9-8-19-6-7-20-10-11-22-14-15-24-18(3,4)5/h17H,6-16H2,1-5H3. The Labute approximate surface area is 148 Å². The van der Waals surface area contributed by atoms with Crippen molar-refractivity contribution < 1.29 is 28.4 Å². The second-order valence-corrected chi connectivity index (χ2v) is 6.88. The second kappa shape index (κ2) is 16.2. The average molecular weight is 350 g/mol. The summed E-state index contributed by atoms with van der Waals surface area (Å²) < 4.78 is 32.6. The topological polar surface area (TPSA) is 55.4 Å². The summed E-state index contributed by atoms with van der Waals surface area (Å²) in [5, 5.41) is 0. The van der Waals surface area contributed by atoms with Crippen molar-refractivity contribution >= 4 is 0 Å². The lowest BCUT2D eigenvalue weighted by Gasteiger charge is -2.19. The molecule has 0 saturated carbocycles. The minimum absolute atomic E-state index is 0.109. The van der Waals surface area contributed by atoms with Crippen LogP contribution in [0, 0.1) is 5.92 Å². The third kappa shape index (κ3) is 21.8. The zero-order valence-electron chi connectivity index (χ0n) is 16.3. The summed E-state index contributed by atoms with van der Waals surface area (Å²) in [6.07, 6.45) is 0. The van der Waals surface area contributed by atoms with Gasteiger partial charge in [0.15, 0.2) is 0 Å². The van der Waals surface area contributed by atoms with Crippen molar-refractivity contribution in [3.8, 4) is 0 Å². The Hall–Kier alpha value is -0.240. The molecule has 0 aliphatic carbocycles. The van der Waals surface area contributed by atoms with E-state index in [0.29, 0.717) is 72.0 Å². The van der Waals surface area contributed by atoms with Crippen LogP contribution in [0.15, 0.2) is 0 Å². The van der Waals surface area contributed by atoms with Crippen LogP contribution in [0.5, 0.6) is 0 Å². The van der Waals surface area contributed by atoms with Crippen LogP contribution in [0.25, 0.3) is 0 Å². The predicted octanol–water partition coefficient (Wildman–Crippen LogP) is 2.54. The molecule has 0 rings (SSSR count). The quantitative estimate of drug-likeness (QED) is 0.376. The maximum absolute atomic E-state index is 5.55. The third-order valence-corrected chi connectivity index (χ3v) is 2.70. The fraction of sp³-hybridized carbons (Fsp3) is 1.00. The fourth-order valence-corrected chi connectivity index (χ4v) is 1.61. The molecule has 0 aliphatic heterocycles. The van der Waals surface area contributed by atoms with Crippen molar-refractivity contribution in [3.05, 3.63) is 0 Å². The Bertz CT molecular complexity index is 252. The normalized spacial score (nSPS) is 12.2. The minimum atomic E-state index is -0.109. The predicted molar refractivity (Wildman–Crippen MR) is 94.6 cm³/mol. The van der Waals surface area contributed by atoms with Crippen molar-refractivity contribution in [1.82, 2.24) is 0 Å². The number of rotatable bonds is 17. The van der Waals surface area contributed by atoms with E-state index in [2.05, 4.69) is 13.8 Å². The van der Waals surface area contributed by atoms with Gasteiger partial charge in [-0.25, -0.2) is 0 Å². The third-order valence-electron chi connectivity index (χ3n) is 2.70. The van der Waals surface area contributed by atoms with Gasteiger partial charge < -0.3 is 28.4 Å². The zero-order chi connectivity index (χ0) is 18.1. The molecular formula is C18H38O6. The molecular weight excluding hydrogens is 312 g/mol. The Morgan fingerprint density at radius 1 is 0.542 bits per heavy atom. The van der Waals surface area contributed by atoms with E-state index in [1.807, 2.05) is 20.8 Å². The summed E-state index contributed by atoms with van der Waals surface area (Å²) in [6, 6.07) is 0. The SMILES string of the molecule is CC(C)COCCOCCOCCOCCOCCOC(C)(C)C. The van der Waals surface area contributed by atoms with E-state index in [1.165, 1.54) is 0 Å². The molecule has 0 unspecified atom stereocenters. The van der Waals surface area contributed by atoms with E-state index in [0.717, 1.165) is 6.61 Å². The van der Waals surface area contributed by atoms with Crippen molar-refractivity contribution in [3.63, 3.8) is 0 Å². The summed E-state index contributed by atoms with van der Waals surface area (Å²) in [7, 11) is 0. The highest BCUT2D eigenvalue weighted by Crippen LogP contribution is 2.05. The summed E-state index contributed by atoms with van der Waals surface area (Å²) in [6.45, 7) is 17.0. The van der Waals surface area contributed by atoms with Gasteiger partial charge >= 0.3 is 0 Å². The molecule has 0 aliphatic rings. The Balaban J connectivity index is 3.03. The summed E-state index contributed by atoms with van der Waals surface area (Å²) in [5.74, 6) is 0.565.